The lowest BCUT2D eigenvalue weighted by Gasteiger charge is -2.34. The monoisotopic (exact) mass is 425 g/mol. The molecule has 2 aromatic rings. The molecule has 0 fully saturated rings. The fourth-order valence-corrected chi connectivity index (χ4v) is 6.81. The molecule has 28 heavy (non-hydrogen) atoms. The minimum Gasteiger partial charge on any atom is -0.346 e. The van der Waals surface area contributed by atoms with Crippen molar-refractivity contribution in [2.45, 2.75) is 50.1 Å². The average Bonchev–Trinajstić information content (AvgIpc) is 3.04. The van der Waals surface area contributed by atoms with Crippen LogP contribution in [0.4, 0.5) is 0 Å². The Balaban J connectivity index is 1.91. The number of aryl methyl sites for hydroxylation is 1. The van der Waals surface area contributed by atoms with Crippen LogP contribution in [0, 0.1) is 6.92 Å². The molecule has 0 spiro atoms. The van der Waals surface area contributed by atoms with Gasteiger partial charge in [0.05, 0.1) is 15.8 Å². The van der Waals surface area contributed by atoms with Gasteiger partial charge >= 0.3 is 0 Å². The summed E-state index contributed by atoms with van der Waals surface area (Å²) in [4.78, 5) is 0.209. The first-order chi connectivity index (χ1) is 13.1. The molecule has 0 bridgehead atoms. The molecule has 7 nitrogen and oxygen atoms in total. The van der Waals surface area contributed by atoms with Crippen molar-refractivity contribution in [3.05, 3.63) is 47.8 Å². The third-order valence-electron chi connectivity index (χ3n) is 5.41. The minimum atomic E-state index is -3.73. The van der Waals surface area contributed by atoms with Crippen LogP contribution >= 0.6 is 0 Å². The van der Waals surface area contributed by atoms with Crippen LogP contribution in [0.1, 0.15) is 38.2 Å². The summed E-state index contributed by atoms with van der Waals surface area (Å²) in [6, 6.07) is 9.20. The smallest absolute Gasteiger partial charge is 0.243 e. The van der Waals surface area contributed by atoms with E-state index in [1.165, 1.54) is 32.9 Å². The predicted octanol–water partition coefficient (Wildman–Crippen LogP) is 2.59. The molecule has 9 heteroatoms. The second-order valence-corrected chi connectivity index (χ2v) is 10.7. The zero-order valence-electron chi connectivity index (χ0n) is 16.7. The van der Waals surface area contributed by atoms with E-state index in [0.29, 0.717) is 26.2 Å². The molecule has 0 N–H and O–H groups in total. The van der Waals surface area contributed by atoms with E-state index in [0.717, 1.165) is 11.4 Å². The largest absolute Gasteiger partial charge is 0.346 e. The molecule has 1 aromatic heterocycles. The third kappa shape index (κ3) is 3.41. The average molecular weight is 426 g/mol. The molecule has 1 aliphatic rings. The number of aromatic nitrogens is 1. The van der Waals surface area contributed by atoms with Gasteiger partial charge in [0.2, 0.25) is 20.0 Å². The van der Waals surface area contributed by atoms with Crippen molar-refractivity contribution in [2.24, 2.45) is 0 Å². The normalized spacial score (nSPS) is 18.4. The zero-order valence-corrected chi connectivity index (χ0v) is 18.3. The highest BCUT2D eigenvalue weighted by atomic mass is 32.2. The first-order valence-corrected chi connectivity index (χ1v) is 12.3. The SMILES string of the molecule is CCN(CC)S(=O)(=O)c1ccc(S(=O)(=O)N2CCn3c(C)ccc3[C@H]2C)cc1. The standard InChI is InChI=1S/C19H27N3O4S2/c1-5-20(6-2)27(23,24)17-8-10-18(11-9-17)28(25,26)22-14-13-21-15(3)7-12-19(21)16(22)4/h7-12,16H,5-6,13-14H2,1-4H3/t16-/m1/s1. The van der Waals surface area contributed by atoms with Crippen LogP contribution in [0.15, 0.2) is 46.2 Å². The number of nitrogens with zero attached hydrogens (tertiary/aromatic N) is 3. The fraction of sp³-hybridized carbons (Fsp3) is 0.474. The molecule has 2 heterocycles. The maximum atomic E-state index is 13.2. The van der Waals surface area contributed by atoms with Gasteiger partial charge in [-0.15, -0.1) is 0 Å². The first-order valence-electron chi connectivity index (χ1n) is 9.42. The lowest BCUT2D eigenvalue weighted by Crippen LogP contribution is -2.41. The Morgan fingerprint density at radius 2 is 1.50 bits per heavy atom. The highest BCUT2D eigenvalue weighted by molar-refractivity contribution is 7.89. The van der Waals surface area contributed by atoms with Gasteiger partial charge in [-0.2, -0.15) is 8.61 Å². The molecule has 1 aromatic carbocycles. The molecular formula is C19H27N3O4S2. The Kier molecular flexibility index (Phi) is 5.73. The van der Waals surface area contributed by atoms with Crippen LogP contribution in [0.5, 0.6) is 0 Å². The molecule has 0 radical (unpaired) electrons. The van der Waals surface area contributed by atoms with E-state index >= 15 is 0 Å². The van der Waals surface area contributed by atoms with Gasteiger partial charge in [-0.1, -0.05) is 13.8 Å². The minimum absolute atomic E-state index is 0.103. The number of rotatable bonds is 6. The molecule has 3 rings (SSSR count). The Labute approximate surface area is 167 Å². The number of hydrogen-bond acceptors (Lipinski definition) is 4. The van der Waals surface area contributed by atoms with Crippen molar-refractivity contribution in [3.8, 4) is 0 Å². The van der Waals surface area contributed by atoms with Gasteiger partial charge in [0.15, 0.2) is 0 Å². The summed E-state index contributed by atoms with van der Waals surface area (Å²) in [5.41, 5.74) is 2.08. The predicted molar refractivity (Wildman–Crippen MR) is 108 cm³/mol. The van der Waals surface area contributed by atoms with Gasteiger partial charge in [-0.05, 0) is 50.2 Å². The summed E-state index contributed by atoms with van der Waals surface area (Å²) in [6.07, 6.45) is 0. The molecule has 0 amide bonds. The van der Waals surface area contributed by atoms with Crippen molar-refractivity contribution < 1.29 is 16.8 Å². The molecule has 0 aliphatic carbocycles. The summed E-state index contributed by atoms with van der Waals surface area (Å²) in [5, 5.41) is 0. The zero-order chi connectivity index (χ0) is 20.7. The Hall–Kier alpha value is -1.68. The Morgan fingerprint density at radius 1 is 0.929 bits per heavy atom. The van der Waals surface area contributed by atoms with Crippen LogP contribution in [-0.4, -0.2) is 49.6 Å². The second-order valence-electron chi connectivity index (χ2n) is 6.90. The van der Waals surface area contributed by atoms with E-state index in [1.807, 2.05) is 26.0 Å². The molecule has 154 valence electrons. The van der Waals surface area contributed by atoms with Gasteiger partial charge in [0.25, 0.3) is 0 Å². The molecule has 0 unspecified atom stereocenters. The fourth-order valence-electron chi connectivity index (χ4n) is 3.76. The number of benzene rings is 1. The van der Waals surface area contributed by atoms with Crippen molar-refractivity contribution >= 4 is 20.0 Å². The van der Waals surface area contributed by atoms with E-state index in [1.54, 1.807) is 13.8 Å². The number of fused-ring (bicyclic) bond motifs is 1. The van der Waals surface area contributed by atoms with E-state index in [-0.39, 0.29) is 15.8 Å². The number of sulfonamides is 2. The Bertz CT molecular complexity index is 1050. The first kappa shape index (κ1) is 21.0. The number of hydrogen-bond donors (Lipinski definition) is 0. The molecule has 0 saturated carbocycles. The molecule has 1 aliphatic heterocycles. The van der Waals surface area contributed by atoms with E-state index < -0.39 is 20.0 Å². The van der Waals surface area contributed by atoms with Gasteiger partial charge in [-0.25, -0.2) is 16.8 Å². The van der Waals surface area contributed by atoms with Crippen LogP contribution in [0.25, 0.3) is 0 Å². The third-order valence-corrected chi connectivity index (χ3v) is 9.46. The molecule has 0 saturated heterocycles. The van der Waals surface area contributed by atoms with Gasteiger partial charge in [-0.3, -0.25) is 0 Å². The van der Waals surface area contributed by atoms with Crippen molar-refractivity contribution in [1.82, 2.24) is 13.2 Å². The summed E-state index contributed by atoms with van der Waals surface area (Å²) in [7, 11) is -7.34. The van der Waals surface area contributed by atoms with E-state index in [4.69, 9.17) is 0 Å². The van der Waals surface area contributed by atoms with Crippen molar-refractivity contribution in [2.75, 3.05) is 19.6 Å². The van der Waals surface area contributed by atoms with Gasteiger partial charge in [0.1, 0.15) is 0 Å². The summed E-state index contributed by atoms with van der Waals surface area (Å²) >= 11 is 0. The highest BCUT2D eigenvalue weighted by Gasteiger charge is 2.34. The van der Waals surface area contributed by atoms with E-state index in [9.17, 15) is 16.8 Å². The van der Waals surface area contributed by atoms with Crippen molar-refractivity contribution in [1.29, 1.82) is 0 Å². The van der Waals surface area contributed by atoms with Crippen LogP contribution in [0.3, 0.4) is 0 Å². The topological polar surface area (TPSA) is 79.7 Å². The lowest BCUT2D eigenvalue weighted by molar-refractivity contribution is 0.280. The maximum Gasteiger partial charge on any atom is 0.243 e. The quantitative estimate of drug-likeness (QED) is 0.713. The van der Waals surface area contributed by atoms with E-state index in [2.05, 4.69) is 4.57 Å². The summed E-state index contributed by atoms with van der Waals surface area (Å²) in [6.45, 7) is 9.14. The van der Waals surface area contributed by atoms with Gasteiger partial charge in [0, 0.05) is 37.6 Å². The van der Waals surface area contributed by atoms with Crippen molar-refractivity contribution in [3.63, 3.8) is 0 Å². The second kappa shape index (κ2) is 7.62. The highest BCUT2D eigenvalue weighted by Crippen LogP contribution is 2.32. The Morgan fingerprint density at radius 3 is 2.07 bits per heavy atom. The van der Waals surface area contributed by atoms with Crippen LogP contribution in [0.2, 0.25) is 0 Å². The van der Waals surface area contributed by atoms with Crippen LogP contribution in [-0.2, 0) is 26.6 Å². The molecular weight excluding hydrogens is 398 g/mol. The van der Waals surface area contributed by atoms with Crippen LogP contribution < -0.4 is 0 Å². The summed E-state index contributed by atoms with van der Waals surface area (Å²) < 4.78 is 56.5. The lowest BCUT2D eigenvalue weighted by atomic mass is 10.2. The summed E-state index contributed by atoms with van der Waals surface area (Å²) in [5.74, 6) is 0. The molecule has 1 atom stereocenters. The maximum absolute atomic E-state index is 13.2. The van der Waals surface area contributed by atoms with Gasteiger partial charge < -0.3 is 4.57 Å².